The summed E-state index contributed by atoms with van der Waals surface area (Å²) in [5.41, 5.74) is 2.76. The van der Waals surface area contributed by atoms with E-state index >= 15 is 0 Å². The molecule has 0 spiro atoms. The molecule has 0 aliphatic rings. The highest BCUT2D eigenvalue weighted by Gasteiger charge is 2.11. The second kappa shape index (κ2) is 9.39. The molecule has 2 amide bonds. The SMILES string of the molecule is COc1ccc(-c2cc3c(=O)n(CCNC(=O)c4cccc(NC(C)=O)c4)ccn3n2)cc1. The number of nitrogens with one attached hydrogen (secondary N) is 2. The molecule has 0 saturated carbocycles. The molecule has 0 bridgehead atoms. The van der Waals surface area contributed by atoms with Crippen LogP contribution in [0, 0.1) is 0 Å². The Morgan fingerprint density at radius 2 is 1.85 bits per heavy atom. The minimum atomic E-state index is -0.289. The Balaban J connectivity index is 1.44. The third kappa shape index (κ3) is 4.93. The Bertz CT molecular complexity index is 1370. The molecule has 2 aromatic carbocycles. The first-order valence-corrected chi connectivity index (χ1v) is 10.3. The van der Waals surface area contributed by atoms with Crippen molar-refractivity contribution >= 4 is 23.0 Å². The minimum absolute atomic E-state index is 0.202. The van der Waals surface area contributed by atoms with Gasteiger partial charge in [-0.05, 0) is 48.5 Å². The van der Waals surface area contributed by atoms with Gasteiger partial charge in [0.15, 0.2) is 0 Å². The summed E-state index contributed by atoms with van der Waals surface area (Å²) in [6, 6.07) is 15.8. The fourth-order valence-corrected chi connectivity index (χ4v) is 3.44. The molecule has 0 atom stereocenters. The minimum Gasteiger partial charge on any atom is -0.497 e. The molecule has 2 heterocycles. The fourth-order valence-electron chi connectivity index (χ4n) is 3.44. The zero-order valence-corrected chi connectivity index (χ0v) is 18.2. The van der Waals surface area contributed by atoms with Crippen LogP contribution in [-0.4, -0.2) is 39.7 Å². The van der Waals surface area contributed by atoms with Crippen LogP contribution in [0.2, 0.25) is 0 Å². The maximum atomic E-state index is 12.9. The fraction of sp³-hybridized carbons (Fsp3) is 0.167. The van der Waals surface area contributed by atoms with E-state index in [2.05, 4.69) is 15.7 Å². The molecule has 168 valence electrons. The summed E-state index contributed by atoms with van der Waals surface area (Å²) < 4.78 is 8.25. The quantitative estimate of drug-likeness (QED) is 0.455. The lowest BCUT2D eigenvalue weighted by Gasteiger charge is -2.09. The van der Waals surface area contributed by atoms with E-state index in [1.54, 1.807) is 54.4 Å². The van der Waals surface area contributed by atoms with Crippen LogP contribution in [0.1, 0.15) is 17.3 Å². The van der Waals surface area contributed by atoms with E-state index in [9.17, 15) is 14.4 Å². The van der Waals surface area contributed by atoms with Crippen molar-refractivity contribution in [3.63, 3.8) is 0 Å². The van der Waals surface area contributed by atoms with Crippen LogP contribution in [-0.2, 0) is 11.3 Å². The van der Waals surface area contributed by atoms with Gasteiger partial charge in [0.25, 0.3) is 11.5 Å². The van der Waals surface area contributed by atoms with Crippen molar-refractivity contribution in [3.05, 3.63) is 82.9 Å². The maximum absolute atomic E-state index is 12.9. The molecule has 4 aromatic rings. The van der Waals surface area contributed by atoms with Gasteiger partial charge in [-0.1, -0.05) is 6.07 Å². The number of nitrogens with zero attached hydrogens (tertiary/aromatic N) is 3. The number of rotatable bonds is 7. The normalized spacial score (nSPS) is 10.7. The van der Waals surface area contributed by atoms with Crippen LogP contribution < -0.4 is 20.9 Å². The van der Waals surface area contributed by atoms with E-state index in [1.165, 1.54) is 11.5 Å². The molecule has 9 nitrogen and oxygen atoms in total. The molecule has 0 fully saturated rings. The van der Waals surface area contributed by atoms with Crippen molar-refractivity contribution in [1.29, 1.82) is 0 Å². The number of benzene rings is 2. The topological polar surface area (TPSA) is 107 Å². The Kier molecular flexibility index (Phi) is 6.21. The summed E-state index contributed by atoms with van der Waals surface area (Å²) in [6.07, 6.45) is 3.35. The van der Waals surface area contributed by atoms with Gasteiger partial charge in [0.2, 0.25) is 5.91 Å². The standard InChI is InChI=1S/C24H23N5O4/c1-16(30)26-19-5-3-4-18(14-19)23(31)25-10-11-28-12-13-29-22(24(28)32)15-21(27-29)17-6-8-20(33-2)9-7-17/h3-9,12-15H,10-11H2,1-2H3,(H,25,31)(H,26,30). The zero-order valence-electron chi connectivity index (χ0n) is 18.2. The lowest BCUT2D eigenvalue weighted by Crippen LogP contribution is -2.31. The van der Waals surface area contributed by atoms with Crippen molar-refractivity contribution in [3.8, 4) is 17.0 Å². The molecular formula is C24H23N5O4. The molecule has 0 unspecified atom stereocenters. The summed E-state index contributed by atoms with van der Waals surface area (Å²) in [5, 5.41) is 9.93. The van der Waals surface area contributed by atoms with Crippen LogP contribution in [0.15, 0.2) is 71.8 Å². The molecule has 2 aromatic heterocycles. The van der Waals surface area contributed by atoms with Gasteiger partial charge < -0.3 is 19.9 Å². The predicted octanol–water partition coefficient (Wildman–Crippen LogP) is 2.56. The summed E-state index contributed by atoms with van der Waals surface area (Å²) in [7, 11) is 1.60. The summed E-state index contributed by atoms with van der Waals surface area (Å²) in [5.74, 6) is 0.244. The highest BCUT2D eigenvalue weighted by Crippen LogP contribution is 2.21. The molecule has 0 aliphatic heterocycles. The average Bonchev–Trinajstić information content (AvgIpc) is 3.25. The van der Waals surface area contributed by atoms with Gasteiger partial charge in [0.1, 0.15) is 11.3 Å². The first kappa shape index (κ1) is 21.8. The molecule has 9 heteroatoms. The molecule has 0 aliphatic carbocycles. The maximum Gasteiger partial charge on any atom is 0.276 e. The molecule has 33 heavy (non-hydrogen) atoms. The zero-order chi connectivity index (χ0) is 23.4. The Morgan fingerprint density at radius 3 is 2.58 bits per heavy atom. The highest BCUT2D eigenvalue weighted by atomic mass is 16.5. The first-order chi connectivity index (χ1) is 15.9. The molecular weight excluding hydrogens is 422 g/mol. The largest absolute Gasteiger partial charge is 0.497 e. The number of aromatic nitrogens is 3. The number of carbonyl (C=O) groups excluding carboxylic acids is 2. The van der Waals surface area contributed by atoms with Crippen molar-refractivity contribution in [1.82, 2.24) is 19.5 Å². The number of amides is 2. The van der Waals surface area contributed by atoms with E-state index in [0.29, 0.717) is 29.0 Å². The number of ether oxygens (including phenoxy) is 1. The van der Waals surface area contributed by atoms with Gasteiger partial charge in [0.05, 0.1) is 12.8 Å². The van der Waals surface area contributed by atoms with Gasteiger partial charge in [-0.15, -0.1) is 0 Å². The lowest BCUT2D eigenvalue weighted by atomic mass is 10.1. The number of anilines is 1. The van der Waals surface area contributed by atoms with Crippen LogP contribution in [0.4, 0.5) is 5.69 Å². The lowest BCUT2D eigenvalue weighted by molar-refractivity contribution is -0.114. The smallest absolute Gasteiger partial charge is 0.276 e. The second-order valence-corrected chi connectivity index (χ2v) is 7.40. The van der Waals surface area contributed by atoms with Crippen LogP contribution in [0.25, 0.3) is 16.8 Å². The summed E-state index contributed by atoms with van der Waals surface area (Å²) >= 11 is 0. The third-order valence-corrected chi connectivity index (χ3v) is 5.07. The Hall–Kier alpha value is -4.40. The summed E-state index contributed by atoms with van der Waals surface area (Å²) in [6.45, 7) is 1.97. The highest BCUT2D eigenvalue weighted by molar-refractivity contribution is 5.96. The number of hydrogen-bond acceptors (Lipinski definition) is 5. The number of methoxy groups -OCH3 is 1. The molecule has 0 radical (unpaired) electrons. The van der Waals surface area contributed by atoms with Gasteiger partial charge >= 0.3 is 0 Å². The van der Waals surface area contributed by atoms with Crippen molar-refractivity contribution in [2.24, 2.45) is 0 Å². The monoisotopic (exact) mass is 445 g/mol. The van der Waals surface area contributed by atoms with E-state index in [1.807, 2.05) is 24.3 Å². The Morgan fingerprint density at radius 1 is 1.06 bits per heavy atom. The van der Waals surface area contributed by atoms with Crippen molar-refractivity contribution in [2.45, 2.75) is 13.5 Å². The summed E-state index contributed by atoms with van der Waals surface area (Å²) in [4.78, 5) is 36.5. The van der Waals surface area contributed by atoms with E-state index < -0.39 is 0 Å². The van der Waals surface area contributed by atoms with Crippen LogP contribution >= 0.6 is 0 Å². The Labute approximate surface area is 189 Å². The van der Waals surface area contributed by atoms with Crippen molar-refractivity contribution in [2.75, 3.05) is 19.0 Å². The average molecular weight is 445 g/mol. The van der Waals surface area contributed by atoms with Gasteiger partial charge in [-0.3, -0.25) is 14.4 Å². The molecule has 4 rings (SSSR count). The van der Waals surface area contributed by atoms with Crippen LogP contribution in [0.3, 0.4) is 0 Å². The van der Waals surface area contributed by atoms with Gasteiger partial charge in [-0.25, -0.2) is 4.52 Å². The van der Waals surface area contributed by atoms with Crippen LogP contribution in [0.5, 0.6) is 5.75 Å². The first-order valence-electron chi connectivity index (χ1n) is 10.3. The van der Waals surface area contributed by atoms with E-state index in [-0.39, 0.29) is 23.9 Å². The van der Waals surface area contributed by atoms with E-state index in [4.69, 9.17) is 4.74 Å². The number of carbonyl (C=O) groups is 2. The van der Waals surface area contributed by atoms with Gasteiger partial charge in [-0.2, -0.15) is 5.10 Å². The molecule has 0 saturated heterocycles. The third-order valence-electron chi connectivity index (χ3n) is 5.07. The van der Waals surface area contributed by atoms with E-state index in [0.717, 1.165) is 11.3 Å². The number of hydrogen-bond donors (Lipinski definition) is 2. The number of fused-ring (bicyclic) bond motifs is 1. The second-order valence-electron chi connectivity index (χ2n) is 7.40. The predicted molar refractivity (Wildman–Crippen MR) is 125 cm³/mol. The van der Waals surface area contributed by atoms with Crippen molar-refractivity contribution < 1.29 is 14.3 Å². The molecule has 2 N–H and O–H groups in total. The van der Waals surface area contributed by atoms with Gasteiger partial charge in [0, 0.05) is 49.2 Å².